The molecular formula is C22H48NO4P. The Bertz CT molecular complexity index is 354. The Morgan fingerprint density at radius 2 is 1.11 bits per heavy atom. The topological polar surface area (TPSA) is 86.2 Å². The summed E-state index contributed by atoms with van der Waals surface area (Å²) in [5.41, 5.74) is 3.88. The Morgan fingerprint density at radius 3 is 1.50 bits per heavy atom. The van der Waals surface area contributed by atoms with E-state index < -0.39 is 7.82 Å². The van der Waals surface area contributed by atoms with E-state index in [-0.39, 0.29) is 13.2 Å². The normalized spacial score (nSPS) is 11.6. The second kappa shape index (κ2) is 24.8. The van der Waals surface area contributed by atoms with Crippen LogP contribution in [0.15, 0.2) is 12.2 Å². The summed E-state index contributed by atoms with van der Waals surface area (Å²) in [6.07, 6.45) is 24.2. The fourth-order valence-electron chi connectivity index (χ4n) is 2.78. The molecule has 0 radical (unpaired) electrons. The molecule has 0 fully saturated rings. The molecule has 0 aliphatic heterocycles. The van der Waals surface area contributed by atoms with Gasteiger partial charge in [-0.15, -0.1) is 0 Å². The number of hydrogen-bond acceptors (Lipinski definition) is 4. The van der Waals surface area contributed by atoms with Gasteiger partial charge in [-0.05, 0) is 52.4 Å². The second-order valence-electron chi connectivity index (χ2n) is 7.07. The Balaban J connectivity index is 0. The zero-order valence-electron chi connectivity index (χ0n) is 19.0. The molecule has 0 aliphatic rings. The lowest BCUT2D eigenvalue weighted by Gasteiger charge is -2.20. The number of rotatable bonds is 19. The van der Waals surface area contributed by atoms with Gasteiger partial charge in [-0.3, -0.25) is 4.57 Å². The third-order valence-electron chi connectivity index (χ3n) is 4.34. The quantitative estimate of drug-likeness (QED) is 0.162. The van der Waals surface area contributed by atoms with Crippen LogP contribution in [0, 0.1) is 0 Å². The molecule has 0 spiro atoms. The molecule has 0 bridgehead atoms. The van der Waals surface area contributed by atoms with Crippen molar-refractivity contribution in [3.63, 3.8) is 0 Å². The molecule has 3 N–H and O–H groups in total. The Kier molecular flexibility index (Phi) is 26.6. The van der Waals surface area contributed by atoms with Gasteiger partial charge >= 0.3 is 0 Å². The van der Waals surface area contributed by atoms with Crippen LogP contribution in [0.3, 0.4) is 0 Å². The number of phosphoric ester groups is 1. The second-order valence-corrected chi connectivity index (χ2v) is 8.48. The summed E-state index contributed by atoms with van der Waals surface area (Å²) in [6, 6.07) is 0. The summed E-state index contributed by atoms with van der Waals surface area (Å²) in [6.45, 7) is 6.82. The molecule has 0 aliphatic carbocycles. The highest BCUT2D eigenvalue weighted by Gasteiger charge is 2.04. The largest absolute Gasteiger partial charge is 0.756 e. The molecule has 0 saturated heterocycles. The number of unbranched alkanes of at least 4 members (excludes halogenated alkanes) is 12. The number of allylic oxidation sites excluding steroid dienone is 2. The van der Waals surface area contributed by atoms with Gasteiger partial charge in [0.25, 0.3) is 7.82 Å². The van der Waals surface area contributed by atoms with Gasteiger partial charge in [0, 0.05) is 0 Å². The molecule has 0 unspecified atom stereocenters. The highest BCUT2D eigenvalue weighted by atomic mass is 31.2. The minimum absolute atomic E-state index is 0.126. The third-order valence-corrected chi connectivity index (χ3v) is 5.49. The standard InChI is InChI=1S/C18H37N.C4H11O4P/c1-2-3-4-5-6-7-8-9-10-11-12-13-14-15-16-17-18-19;1-3-7-9(5,6)8-4-2/h9-10H,2-8,11-19H2,1H3;3-4H2,1-2H3,(H,5,6)/b10-9-;. The number of phosphoric acid groups is 1. The van der Waals surface area contributed by atoms with Crippen molar-refractivity contribution in [1.29, 1.82) is 0 Å². The van der Waals surface area contributed by atoms with E-state index in [0.29, 0.717) is 0 Å². The Morgan fingerprint density at radius 1 is 0.714 bits per heavy atom. The molecule has 0 aromatic rings. The van der Waals surface area contributed by atoms with Gasteiger partial charge in [-0.25, -0.2) is 0 Å². The van der Waals surface area contributed by atoms with Gasteiger partial charge in [0.05, 0.1) is 19.8 Å². The highest BCUT2D eigenvalue weighted by Crippen LogP contribution is 2.37. The van der Waals surface area contributed by atoms with Crippen molar-refractivity contribution in [3.05, 3.63) is 12.2 Å². The maximum atomic E-state index is 10.4. The van der Waals surface area contributed by atoms with E-state index in [0.717, 1.165) is 6.54 Å². The summed E-state index contributed by atoms with van der Waals surface area (Å²) >= 11 is 0. The van der Waals surface area contributed by atoms with Gasteiger partial charge in [0.2, 0.25) is 0 Å². The first-order valence-electron chi connectivity index (χ1n) is 11.6. The van der Waals surface area contributed by atoms with Gasteiger partial charge < -0.3 is 19.7 Å². The number of quaternary nitrogens is 1. The van der Waals surface area contributed by atoms with Crippen molar-refractivity contribution in [3.8, 4) is 0 Å². The van der Waals surface area contributed by atoms with E-state index in [4.69, 9.17) is 0 Å². The van der Waals surface area contributed by atoms with Crippen molar-refractivity contribution in [2.75, 3.05) is 19.8 Å². The van der Waals surface area contributed by atoms with E-state index in [1.807, 2.05) is 0 Å². The van der Waals surface area contributed by atoms with Crippen LogP contribution in [0.5, 0.6) is 0 Å². The van der Waals surface area contributed by atoms with Gasteiger partial charge in [0.15, 0.2) is 0 Å². The van der Waals surface area contributed by atoms with E-state index in [1.54, 1.807) is 13.8 Å². The first-order chi connectivity index (χ1) is 13.5. The van der Waals surface area contributed by atoms with Crippen molar-refractivity contribution in [2.45, 2.75) is 111 Å². The smallest absolute Gasteiger partial charge is 0.267 e. The molecule has 0 aromatic carbocycles. The SMILES string of the molecule is CCCCCCCC/C=C\CCCCCCCC[NH3+].CCOP(=O)([O-])OCC. The van der Waals surface area contributed by atoms with E-state index in [2.05, 4.69) is 33.9 Å². The van der Waals surface area contributed by atoms with Crippen molar-refractivity contribution in [1.82, 2.24) is 0 Å². The molecule has 0 rings (SSSR count). The van der Waals surface area contributed by atoms with Crippen LogP contribution in [0.4, 0.5) is 0 Å². The average Bonchev–Trinajstić information content (AvgIpc) is 2.65. The molecule has 0 aromatic heterocycles. The lowest BCUT2D eigenvalue weighted by Crippen LogP contribution is -2.50. The van der Waals surface area contributed by atoms with Gasteiger partial charge in [-0.2, -0.15) is 0 Å². The molecule has 0 atom stereocenters. The predicted molar refractivity (Wildman–Crippen MR) is 118 cm³/mol. The van der Waals surface area contributed by atoms with Crippen LogP contribution in [-0.4, -0.2) is 19.8 Å². The van der Waals surface area contributed by atoms with E-state index >= 15 is 0 Å². The van der Waals surface area contributed by atoms with Gasteiger partial charge in [0.1, 0.15) is 0 Å². The molecule has 0 heterocycles. The van der Waals surface area contributed by atoms with E-state index in [9.17, 15) is 9.46 Å². The monoisotopic (exact) mass is 421 g/mol. The molecule has 6 heteroatoms. The summed E-state index contributed by atoms with van der Waals surface area (Å²) in [5.74, 6) is 0. The maximum Gasteiger partial charge on any atom is 0.267 e. The Hall–Kier alpha value is -0.190. The molecule has 28 heavy (non-hydrogen) atoms. The van der Waals surface area contributed by atoms with Crippen molar-refractivity contribution >= 4 is 7.82 Å². The first-order valence-corrected chi connectivity index (χ1v) is 13.0. The van der Waals surface area contributed by atoms with Crippen LogP contribution >= 0.6 is 7.82 Å². The fourth-order valence-corrected chi connectivity index (χ4v) is 3.48. The van der Waals surface area contributed by atoms with Crippen LogP contribution in [-0.2, 0) is 13.6 Å². The van der Waals surface area contributed by atoms with Crippen molar-refractivity contribution in [2.24, 2.45) is 0 Å². The molecule has 170 valence electrons. The maximum absolute atomic E-state index is 10.4. The van der Waals surface area contributed by atoms with Crippen molar-refractivity contribution < 1.29 is 24.2 Å². The third kappa shape index (κ3) is 28.0. The summed E-state index contributed by atoms with van der Waals surface area (Å²) in [5, 5.41) is 0. The van der Waals surface area contributed by atoms with Gasteiger partial charge in [-0.1, -0.05) is 70.4 Å². The van der Waals surface area contributed by atoms with Crippen LogP contribution in [0.1, 0.15) is 111 Å². The zero-order valence-corrected chi connectivity index (χ0v) is 19.9. The predicted octanol–water partition coefficient (Wildman–Crippen LogP) is 5.79. The average molecular weight is 422 g/mol. The van der Waals surface area contributed by atoms with Crippen LogP contribution < -0.4 is 10.6 Å². The lowest BCUT2D eigenvalue weighted by molar-refractivity contribution is -0.368. The first kappa shape index (κ1) is 30.0. The zero-order chi connectivity index (χ0) is 21.3. The van der Waals surface area contributed by atoms with E-state index in [1.165, 1.54) is 89.9 Å². The fraction of sp³-hybridized carbons (Fsp3) is 0.909. The minimum atomic E-state index is -3.94. The summed E-state index contributed by atoms with van der Waals surface area (Å²) in [7, 11) is -3.94. The molecule has 5 nitrogen and oxygen atoms in total. The van der Waals surface area contributed by atoms with Crippen LogP contribution in [0.25, 0.3) is 0 Å². The minimum Gasteiger partial charge on any atom is -0.756 e. The molecular weight excluding hydrogens is 373 g/mol. The molecule has 0 amide bonds. The highest BCUT2D eigenvalue weighted by molar-refractivity contribution is 7.45. The Labute approximate surface area is 175 Å². The summed E-state index contributed by atoms with van der Waals surface area (Å²) in [4.78, 5) is 10.4. The van der Waals surface area contributed by atoms with Crippen LogP contribution in [0.2, 0.25) is 0 Å². The number of hydrogen-bond donors (Lipinski definition) is 1. The lowest BCUT2D eigenvalue weighted by atomic mass is 10.1. The summed E-state index contributed by atoms with van der Waals surface area (Å²) < 4.78 is 18.9. The molecule has 0 saturated carbocycles.